The molecule has 0 heterocycles. The second kappa shape index (κ2) is 11.0. The van der Waals surface area contributed by atoms with Crippen molar-refractivity contribution in [3.63, 3.8) is 0 Å². The Morgan fingerprint density at radius 1 is 1.75 bits per heavy atom. The second-order valence-electron chi connectivity index (χ2n) is 0.129. The van der Waals surface area contributed by atoms with Gasteiger partial charge in [-0.2, -0.15) is 5.26 Å². The fourth-order valence-corrected chi connectivity index (χ4v) is 0. The molecule has 0 saturated heterocycles. The maximum atomic E-state index is 7.10. The molecule has 2 nitrogen and oxygen atoms in total. The topological polar surface area (TPSA) is 49.8 Å². The van der Waals surface area contributed by atoms with Crippen LogP contribution in [0.2, 0.25) is 0 Å². The summed E-state index contributed by atoms with van der Waals surface area (Å²) in [5, 5.41) is 7.10. The van der Waals surface area contributed by atoms with Gasteiger partial charge in [-0.25, -0.2) is 0 Å². The Kier molecular flexibility index (Phi) is 24.4. The average molecular weight is 157 g/mol. The van der Waals surface area contributed by atoms with Crippen LogP contribution < -0.4 is 5.73 Å². The predicted molar refractivity (Wildman–Crippen MR) is 15.6 cm³/mol. The van der Waals surface area contributed by atoms with Crippen LogP contribution in [0.5, 0.6) is 0 Å². The molecule has 0 rings (SSSR count). The number of rotatable bonds is 0. The summed E-state index contributed by atoms with van der Waals surface area (Å²) in [4.78, 5) is 0. The minimum absolute atomic E-state index is 0. The molecule has 0 atom stereocenters. The summed E-state index contributed by atoms with van der Waals surface area (Å²) in [6, 6.07) is 0. The Balaban J connectivity index is 0. The van der Waals surface area contributed by atoms with Gasteiger partial charge in [0.05, 0.1) is 0 Å². The third-order valence-corrected chi connectivity index (χ3v) is 0. The summed E-state index contributed by atoms with van der Waals surface area (Å²) in [6.07, 6.45) is 1.25. The van der Waals surface area contributed by atoms with Gasteiger partial charge in [0, 0.05) is 25.8 Å². The minimum atomic E-state index is 0. The molecular weight excluding hydrogens is 155 g/mol. The van der Waals surface area contributed by atoms with E-state index in [-0.39, 0.29) is 25.8 Å². The first-order chi connectivity index (χ1) is 1.41. The van der Waals surface area contributed by atoms with E-state index in [1.54, 1.807) is 0 Å². The molecule has 0 amide bonds. The van der Waals surface area contributed by atoms with Crippen LogP contribution in [0.1, 0.15) is 0 Å². The van der Waals surface area contributed by atoms with Crippen molar-refractivity contribution in [2.24, 2.45) is 5.73 Å². The van der Waals surface area contributed by atoms with E-state index in [0.717, 1.165) is 0 Å². The number of hydrogen-bond donors (Lipinski definition) is 1. The van der Waals surface area contributed by atoms with Gasteiger partial charge in [-0.1, -0.05) is 0 Å². The van der Waals surface area contributed by atoms with E-state index in [0.29, 0.717) is 0 Å². The molecule has 4 heavy (non-hydrogen) atoms. The van der Waals surface area contributed by atoms with Crippen LogP contribution in [-0.4, -0.2) is 25.8 Å². The quantitative estimate of drug-likeness (QED) is 0.363. The van der Waals surface area contributed by atoms with Crippen LogP contribution in [0.15, 0.2) is 0 Å². The van der Waals surface area contributed by atoms with E-state index in [1.165, 1.54) is 6.19 Å². The molecule has 0 aromatic heterocycles. The van der Waals surface area contributed by atoms with E-state index >= 15 is 0 Å². The maximum absolute atomic E-state index is 7.10. The standard InChI is InChI=1S/CH2N2.In/c2-1-3;/h2H2;. The molecular formula is CH2InN2. The largest absolute Gasteiger partial charge is 0.337 e. The summed E-state index contributed by atoms with van der Waals surface area (Å²) >= 11 is 0. The third kappa shape index (κ3) is 113. The van der Waals surface area contributed by atoms with Gasteiger partial charge >= 0.3 is 0 Å². The van der Waals surface area contributed by atoms with Gasteiger partial charge in [0.2, 0.25) is 0 Å². The Bertz CT molecular complexity index is 27.5. The smallest absolute Gasteiger partial charge is 0.173 e. The van der Waals surface area contributed by atoms with Crippen LogP contribution in [-0.2, 0) is 0 Å². The van der Waals surface area contributed by atoms with E-state index in [4.69, 9.17) is 5.26 Å². The Morgan fingerprint density at radius 2 is 1.75 bits per heavy atom. The Morgan fingerprint density at radius 3 is 1.75 bits per heavy atom. The van der Waals surface area contributed by atoms with Gasteiger partial charge in [-0.3, -0.25) is 0 Å². The van der Waals surface area contributed by atoms with Crippen molar-refractivity contribution in [3.8, 4) is 6.19 Å². The number of nitrogens with zero attached hydrogens (tertiary/aromatic N) is 1. The van der Waals surface area contributed by atoms with Crippen molar-refractivity contribution >= 4 is 25.8 Å². The first kappa shape index (κ1) is 8.90. The van der Waals surface area contributed by atoms with E-state index in [2.05, 4.69) is 5.73 Å². The van der Waals surface area contributed by atoms with Crippen LogP contribution in [0.25, 0.3) is 0 Å². The normalized spacial score (nSPS) is 1.75. The van der Waals surface area contributed by atoms with Crippen LogP contribution >= 0.6 is 0 Å². The zero-order valence-electron chi connectivity index (χ0n) is 2.10. The first-order valence-corrected chi connectivity index (χ1v) is 0.512. The fourth-order valence-electron chi connectivity index (χ4n) is 0. The predicted octanol–water partition coefficient (Wildman–Crippen LogP) is -0.955. The van der Waals surface area contributed by atoms with Crippen molar-refractivity contribution in [1.29, 1.82) is 5.26 Å². The monoisotopic (exact) mass is 157 g/mol. The molecule has 0 aromatic carbocycles. The maximum Gasteiger partial charge on any atom is 0.173 e. The molecule has 0 bridgehead atoms. The minimum Gasteiger partial charge on any atom is -0.337 e. The van der Waals surface area contributed by atoms with E-state index < -0.39 is 0 Å². The van der Waals surface area contributed by atoms with Crippen LogP contribution in [0.4, 0.5) is 0 Å². The molecule has 0 fully saturated rings. The average Bonchev–Trinajstić information content (AvgIpc) is 0.918. The van der Waals surface area contributed by atoms with Crippen molar-refractivity contribution in [3.05, 3.63) is 0 Å². The summed E-state index contributed by atoms with van der Waals surface area (Å²) in [7, 11) is 0. The Hall–Kier alpha value is 0.160. The summed E-state index contributed by atoms with van der Waals surface area (Å²) in [6.45, 7) is 0. The molecule has 0 unspecified atom stereocenters. The van der Waals surface area contributed by atoms with Gasteiger partial charge in [0.1, 0.15) is 0 Å². The Labute approximate surface area is 43.4 Å². The number of nitrogens with two attached hydrogens (primary N) is 1. The molecule has 0 aliphatic rings. The molecule has 0 saturated carbocycles. The van der Waals surface area contributed by atoms with Crippen molar-refractivity contribution in [2.45, 2.75) is 0 Å². The van der Waals surface area contributed by atoms with Crippen LogP contribution in [0, 0.1) is 11.5 Å². The van der Waals surface area contributed by atoms with Gasteiger partial charge in [0.25, 0.3) is 0 Å². The van der Waals surface area contributed by atoms with Crippen molar-refractivity contribution in [2.75, 3.05) is 0 Å². The summed E-state index contributed by atoms with van der Waals surface area (Å²) in [5.41, 5.74) is 4.15. The second-order valence-corrected chi connectivity index (χ2v) is 0.129. The number of hydrogen-bond acceptors (Lipinski definition) is 2. The molecule has 3 radical (unpaired) electrons. The SMILES string of the molecule is N#CN.[In]. The van der Waals surface area contributed by atoms with Gasteiger partial charge < -0.3 is 5.73 Å². The molecule has 19 valence electrons. The van der Waals surface area contributed by atoms with Crippen molar-refractivity contribution < 1.29 is 0 Å². The first-order valence-electron chi connectivity index (χ1n) is 0.512. The number of nitriles is 1. The molecule has 0 spiro atoms. The zero-order valence-corrected chi connectivity index (χ0v) is 5.40. The van der Waals surface area contributed by atoms with Crippen molar-refractivity contribution in [1.82, 2.24) is 0 Å². The summed E-state index contributed by atoms with van der Waals surface area (Å²) in [5.74, 6) is 0. The van der Waals surface area contributed by atoms with Crippen LogP contribution in [0.3, 0.4) is 0 Å². The molecule has 0 aromatic rings. The van der Waals surface area contributed by atoms with E-state index in [9.17, 15) is 0 Å². The molecule has 2 N–H and O–H groups in total. The molecule has 0 aliphatic carbocycles. The fraction of sp³-hybridized carbons (Fsp3) is 0. The van der Waals surface area contributed by atoms with E-state index in [1.807, 2.05) is 0 Å². The zero-order chi connectivity index (χ0) is 2.71. The van der Waals surface area contributed by atoms with Gasteiger partial charge in [-0.05, 0) is 0 Å². The van der Waals surface area contributed by atoms with Gasteiger partial charge in [-0.15, -0.1) is 0 Å². The third-order valence-electron chi connectivity index (χ3n) is 0. The van der Waals surface area contributed by atoms with Gasteiger partial charge in [0.15, 0.2) is 6.19 Å². The molecule has 3 heteroatoms. The summed E-state index contributed by atoms with van der Waals surface area (Å²) < 4.78 is 0. The molecule has 0 aliphatic heterocycles.